The maximum atomic E-state index is 12.5. The molecule has 1 spiro atoms. The molecular formula is C14H22N4O. The lowest BCUT2D eigenvalue weighted by Crippen LogP contribution is -2.47. The van der Waals surface area contributed by atoms with E-state index in [4.69, 9.17) is 0 Å². The Labute approximate surface area is 114 Å². The lowest BCUT2D eigenvalue weighted by molar-refractivity contribution is 0.0529. The maximum Gasteiger partial charge on any atom is 0.274 e. The van der Waals surface area contributed by atoms with E-state index in [9.17, 15) is 4.79 Å². The number of aryl methyl sites for hydroxylation is 1. The molecule has 0 bridgehead atoms. The number of nitrogens with zero attached hydrogens (tertiary/aromatic N) is 3. The number of carbonyl (C=O) groups is 1. The molecule has 2 aliphatic rings. The van der Waals surface area contributed by atoms with E-state index in [1.807, 2.05) is 17.9 Å². The number of nitrogens with one attached hydrogen (secondary N) is 1. The minimum atomic E-state index is 0.0815. The third-order valence-corrected chi connectivity index (χ3v) is 4.50. The first-order valence-electron chi connectivity index (χ1n) is 7.08. The molecule has 2 aliphatic heterocycles. The quantitative estimate of drug-likeness (QED) is 0.829. The van der Waals surface area contributed by atoms with E-state index in [1.54, 1.807) is 0 Å². The Bertz CT molecular complexity index is 480. The summed E-state index contributed by atoms with van der Waals surface area (Å²) in [6.45, 7) is 5.96. The average Bonchev–Trinajstić information content (AvgIpc) is 2.96. The van der Waals surface area contributed by atoms with E-state index >= 15 is 0 Å². The monoisotopic (exact) mass is 262 g/mol. The third-order valence-electron chi connectivity index (χ3n) is 4.50. The molecule has 1 aromatic rings. The summed E-state index contributed by atoms with van der Waals surface area (Å²) in [5.41, 5.74) is 1.82. The Morgan fingerprint density at radius 2 is 2.21 bits per heavy atom. The molecule has 0 aromatic carbocycles. The average molecular weight is 262 g/mol. The number of aromatic amines is 1. The van der Waals surface area contributed by atoms with Gasteiger partial charge in [0, 0.05) is 30.7 Å². The molecule has 2 fully saturated rings. The molecule has 3 heterocycles. The summed E-state index contributed by atoms with van der Waals surface area (Å²) in [5, 5.41) is 6.95. The molecule has 5 nitrogen and oxygen atoms in total. The van der Waals surface area contributed by atoms with Crippen LogP contribution in [0.4, 0.5) is 0 Å². The fourth-order valence-corrected chi connectivity index (χ4v) is 3.56. The zero-order valence-electron chi connectivity index (χ0n) is 11.8. The number of piperidine rings is 1. The van der Waals surface area contributed by atoms with Crippen LogP contribution < -0.4 is 0 Å². The van der Waals surface area contributed by atoms with Crippen LogP contribution in [0.2, 0.25) is 0 Å². The van der Waals surface area contributed by atoms with Crippen LogP contribution in [0.3, 0.4) is 0 Å². The van der Waals surface area contributed by atoms with Crippen LogP contribution >= 0.6 is 0 Å². The molecule has 1 amide bonds. The number of H-pyrrole nitrogens is 1. The second-order valence-corrected chi connectivity index (χ2v) is 6.25. The predicted molar refractivity (Wildman–Crippen MR) is 73.0 cm³/mol. The lowest BCUT2D eigenvalue weighted by Gasteiger charge is -2.40. The van der Waals surface area contributed by atoms with Gasteiger partial charge in [-0.25, -0.2) is 0 Å². The van der Waals surface area contributed by atoms with Crippen molar-refractivity contribution in [3.8, 4) is 0 Å². The topological polar surface area (TPSA) is 52.2 Å². The molecule has 2 saturated heterocycles. The van der Waals surface area contributed by atoms with Crippen molar-refractivity contribution in [2.45, 2.75) is 26.2 Å². The summed E-state index contributed by atoms with van der Waals surface area (Å²) < 4.78 is 0. The van der Waals surface area contributed by atoms with E-state index in [-0.39, 0.29) is 5.91 Å². The fourth-order valence-electron chi connectivity index (χ4n) is 3.56. The fraction of sp³-hybridized carbons (Fsp3) is 0.714. The molecule has 0 radical (unpaired) electrons. The molecule has 104 valence electrons. The number of hydrogen-bond donors (Lipinski definition) is 1. The number of hydrogen-bond acceptors (Lipinski definition) is 3. The van der Waals surface area contributed by atoms with E-state index in [0.717, 1.165) is 38.3 Å². The molecule has 1 aromatic heterocycles. The van der Waals surface area contributed by atoms with E-state index in [1.165, 1.54) is 12.8 Å². The van der Waals surface area contributed by atoms with Crippen molar-refractivity contribution in [3.05, 3.63) is 17.5 Å². The summed E-state index contributed by atoms with van der Waals surface area (Å²) in [5.74, 6) is 0.0815. The Morgan fingerprint density at radius 1 is 1.37 bits per heavy atom. The van der Waals surface area contributed by atoms with Crippen LogP contribution in [0.5, 0.6) is 0 Å². The van der Waals surface area contributed by atoms with Crippen molar-refractivity contribution in [2.75, 3.05) is 33.2 Å². The van der Waals surface area contributed by atoms with Crippen molar-refractivity contribution in [1.82, 2.24) is 20.0 Å². The molecule has 0 unspecified atom stereocenters. The van der Waals surface area contributed by atoms with Gasteiger partial charge in [0.15, 0.2) is 0 Å². The smallest absolute Gasteiger partial charge is 0.274 e. The van der Waals surface area contributed by atoms with E-state index in [2.05, 4.69) is 22.1 Å². The van der Waals surface area contributed by atoms with Crippen molar-refractivity contribution in [2.24, 2.45) is 5.41 Å². The van der Waals surface area contributed by atoms with Crippen molar-refractivity contribution >= 4 is 5.91 Å². The number of rotatable bonds is 1. The SMILES string of the molecule is Cc1cc(C(=O)N2CCC[C@@]3(CCN(C)C3)C2)n[nH]1. The first-order valence-corrected chi connectivity index (χ1v) is 7.08. The molecule has 0 saturated carbocycles. The second kappa shape index (κ2) is 4.63. The molecule has 1 atom stereocenters. The summed E-state index contributed by atoms with van der Waals surface area (Å²) in [6, 6.07) is 1.84. The highest BCUT2D eigenvalue weighted by Gasteiger charge is 2.41. The number of aromatic nitrogens is 2. The Balaban J connectivity index is 1.73. The molecule has 19 heavy (non-hydrogen) atoms. The van der Waals surface area contributed by atoms with Crippen LogP contribution in [-0.4, -0.2) is 59.1 Å². The standard InChI is InChI=1S/C14H22N4O/c1-11-8-12(16-15-11)13(19)18-6-3-4-14(10-18)5-7-17(2)9-14/h8H,3-7,9-10H2,1-2H3,(H,15,16)/t14-/m0/s1. The van der Waals surface area contributed by atoms with Gasteiger partial charge in [-0.05, 0) is 45.8 Å². The molecule has 0 aliphatic carbocycles. The maximum absolute atomic E-state index is 12.5. The Hall–Kier alpha value is -1.36. The normalized spacial score (nSPS) is 28.2. The minimum Gasteiger partial charge on any atom is -0.337 e. The van der Waals surface area contributed by atoms with Crippen LogP contribution in [-0.2, 0) is 0 Å². The van der Waals surface area contributed by atoms with Gasteiger partial charge in [0.05, 0.1) is 0 Å². The van der Waals surface area contributed by atoms with E-state index in [0.29, 0.717) is 11.1 Å². The van der Waals surface area contributed by atoms with Gasteiger partial charge < -0.3 is 9.80 Å². The Morgan fingerprint density at radius 3 is 2.84 bits per heavy atom. The number of amides is 1. The summed E-state index contributed by atoms with van der Waals surface area (Å²) in [6.07, 6.45) is 3.58. The zero-order chi connectivity index (χ0) is 13.5. The molecular weight excluding hydrogens is 240 g/mol. The summed E-state index contributed by atoms with van der Waals surface area (Å²) in [7, 11) is 2.17. The minimum absolute atomic E-state index is 0.0815. The highest BCUT2D eigenvalue weighted by molar-refractivity contribution is 5.92. The molecule has 5 heteroatoms. The van der Waals surface area contributed by atoms with Gasteiger partial charge in [-0.2, -0.15) is 5.10 Å². The summed E-state index contributed by atoms with van der Waals surface area (Å²) >= 11 is 0. The lowest BCUT2D eigenvalue weighted by atomic mass is 9.79. The summed E-state index contributed by atoms with van der Waals surface area (Å²) in [4.78, 5) is 16.8. The first-order chi connectivity index (χ1) is 9.08. The van der Waals surface area contributed by atoms with Crippen molar-refractivity contribution < 1.29 is 4.79 Å². The van der Waals surface area contributed by atoms with Gasteiger partial charge in [-0.1, -0.05) is 0 Å². The van der Waals surface area contributed by atoms with Crippen molar-refractivity contribution in [1.29, 1.82) is 0 Å². The van der Waals surface area contributed by atoms with Gasteiger partial charge in [-0.3, -0.25) is 9.89 Å². The second-order valence-electron chi connectivity index (χ2n) is 6.25. The molecule has 1 N–H and O–H groups in total. The largest absolute Gasteiger partial charge is 0.337 e. The van der Waals surface area contributed by atoms with Crippen LogP contribution in [0.1, 0.15) is 35.4 Å². The molecule has 3 rings (SSSR count). The first kappa shape index (κ1) is 12.7. The Kier molecular flexibility index (Phi) is 3.09. The van der Waals surface area contributed by atoms with Crippen LogP contribution in [0.15, 0.2) is 6.07 Å². The zero-order valence-corrected chi connectivity index (χ0v) is 11.8. The van der Waals surface area contributed by atoms with Crippen LogP contribution in [0.25, 0.3) is 0 Å². The number of carbonyl (C=O) groups excluding carboxylic acids is 1. The predicted octanol–water partition coefficient (Wildman–Crippen LogP) is 1.28. The highest BCUT2D eigenvalue weighted by Crippen LogP contribution is 2.38. The highest BCUT2D eigenvalue weighted by atomic mass is 16.2. The van der Waals surface area contributed by atoms with Crippen molar-refractivity contribution in [3.63, 3.8) is 0 Å². The van der Waals surface area contributed by atoms with Crippen LogP contribution in [0, 0.1) is 12.3 Å². The van der Waals surface area contributed by atoms with Gasteiger partial charge in [-0.15, -0.1) is 0 Å². The van der Waals surface area contributed by atoms with E-state index < -0.39 is 0 Å². The van der Waals surface area contributed by atoms with Gasteiger partial charge >= 0.3 is 0 Å². The number of likely N-dealkylation sites (tertiary alicyclic amines) is 2. The van der Waals surface area contributed by atoms with Gasteiger partial charge in [0.1, 0.15) is 5.69 Å². The van der Waals surface area contributed by atoms with Gasteiger partial charge in [0.25, 0.3) is 5.91 Å². The van der Waals surface area contributed by atoms with Gasteiger partial charge in [0.2, 0.25) is 0 Å². The third kappa shape index (κ3) is 2.39.